The van der Waals surface area contributed by atoms with Gasteiger partial charge in [-0.25, -0.2) is 0 Å². The standard InChI is InChI=1S/C11H21N3/c1-3-4-10(2)11(9-12)14-7-5-13-6-8-14/h10-11,13H,3-8H2,1-2H3. The Labute approximate surface area is 87.1 Å². The molecule has 14 heavy (non-hydrogen) atoms. The Bertz CT molecular complexity index is 191. The highest BCUT2D eigenvalue weighted by Crippen LogP contribution is 2.16. The second kappa shape index (κ2) is 6.00. The molecule has 0 bridgehead atoms. The molecule has 1 aliphatic heterocycles. The molecule has 1 aliphatic rings. The van der Waals surface area contributed by atoms with Crippen molar-refractivity contribution in [1.29, 1.82) is 5.26 Å². The molecule has 0 aromatic carbocycles. The fourth-order valence-corrected chi connectivity index (χ4v) is 2.14. The lowest BCUT2D eigenvalue weighted by Gasteiger charge is -2.34. The highest BCUT2D eigenvalue weighted by molar-refractivity contribution is 4.96. The largest absolute Gasteiger partial charge is 0.314 e. The van der Waals surface area contributed by atoms with Gasteiger partial charge in [-0.05, 0) is 12.3 Å². The molecule has 1 heterocycles. The zero-order valence-corrected chi connectivity index (χ0v) is 9.29. The first-order valence-electron chi connectivity index (χ1n) is 5.64. The second-order valence-corrected chi connectivity index (χ2v) is 4.13. The summed E-state index contributed by atoms with van der Waals surface area (Å²) in [5.41, 5.74) is 0. The summed E-state index contributed by atoms with van der Waals surface area (Å²) in [5.74, 6) is 0.503. The zero-order chi connectivity index (χ0) is 10.4. The van der Waals surface area contributed by atoms with Crippen LogP contribution in [0.4, 0.5) is 0 Å². The van der Waals surface area contributed by atoms with Crippen LogP contribution in [0.2, 0.25) is 0 Å². The molecule has 2 atom stereocenters. The molecular weight excluding hydrogens is 174 g/mol. The van der Waals surface area contributed by atoms with Gasteiger partial charge in [-0.15, -0.1) is 0 Å². The SMILES string of the molecule is CCCC(C)C(C#N)N1CCNCC1. The molecule has 3 heteroatoms. The Hall–Kier alpha value is -0.590. The van der Waals surface area contributed by atoms with E-state index in [0.29, 0.717) is 5.92 Å². The van der Waals surface area contributed by atoms with E-state index in [1.807, 2.05) is 0 Å². The Morgan fingerprint density at radius 1 is 1.43 bits per heavy atom. The second-order valence-electron chi connectivity index (χ2n) is 4.13. The van der Waals surface area contributed by atoms with Crippen molar-refractivity contribution in [3.8, 4) is 6.07 Å². The van der Waals surface area contributed by atoms with Crippen LogP contribution in [-0.2, 0) is 0 Å². The maximum Gasteiger partial charge on any atom is 0.100 e. The van der Waals surface area contributed by atoms with Crippen LogP contribution >= 0.6 is 0 Å². The van der Waals surface area contributed by atoms with E-state index in [-0.39, 0.29) is 6.04 Å². The molecule has 0 saturated carbocycles. The van der Waals surface area contributed by atoms with E-state index in [0.717, 1.165) is 32.6 Å². The molecule has 1 fully saturated rings. The number of nitriles is 1. The molecule has 0 radical (unpaired) electrons. The van der Waals surface area contributed by atoms with E-state index in [2.05, 4.69) is 30.1 Å². The molecule has 1 N–H and O–H groups in total. The number of hydrogen-bond acceptors (Lipinski definition) is 3. The summed E-state index contributed by atoms with van der Waals surface area (Å²) in [6, 6.07) is 2.58. The predicted octanol–water partition coefficient (Wildman–Crippen LogP) is 1.22. The van der Waals surface area contributed by atoms with Crippen LogP contribution < -0.4 is 5.32 Å². The van der Waals surface area contributed by atoms with Crippen LogP contribution in [0.1, 0.15) is 26.7 Å². The molecule has 1 rings (SSSR count). The van der Waals surface area contributed by atoms with Gasteiger partial charge in [0, 0.05) is 26.2 Å². The minimum absolute atomic E-state index is 0.122. The Kier molecular flexibility index (Phi) is 4.92. The molecule has 0 spiro atoms. The van der Waals surface area contributed by atoms with Crippen molar-refractivity contribution in [2.24, 2.45) is 5.92 Å². The fraction of sp³-hybridized carbons (Fsp3) is 0.909. The molecule has 0 aromatic rings. The smallest absolute Gasteiger partial charge is 0.100 e. The fourth-order valence-electron chi connectivity index (χ4n) is 2.14. The summed E-state index contributed by atoms with van der Waals surface area (Å²) in [6.07, 6.45) is 2.33. The minimum Gasteiger partial charge on any atom is -0.314 e. The lowest BCUT2D eigenvalue weighted by molar-refractivity contribution is 0.162. The molecule has 0 aromatic heterocycles. The molecule has 3 nitrogen and oxygen atoms in total. The lowest BCUT2D eigenvalue weighted by Crippen LogP contribution is -2.50. The van der Waals surface area contributed by atoms with Crippen molar-refractivity contribution in [2.75, 3.05) is 26.2 Å². The van der Waals surface area contributed by atoms with Crippen molar-refractivity contribution in [2.45, 2.75) is 32.7 Å². The first kappa shape index (κ1) is 11.5. The number of hydrogen-bond donors (Lipinski definition) is 1. The maximum absolute atomic E-state index is 9.16. The van der Waals surface area contributed by atoms with Gasteiger partial charge in [0.2, 0.25) is 0 Å². The quantitative estimate of drug-likeness (QED) is 0.733. The van der Waals surface area contributed by atoms with Gasteiger partial charge in [-0.2, -0.15) is 5.26 Å². The van der Waals surface area contributed by atoms with E-state index in [1.165, 1.54) is 6.42 Å². The Balaban J connectivity index is 2.47. The van der Waals surface area contributed by atoms with Gasteiger partial charge in [-0.1, -0.05) is 20.3 Å². The number of nitrogens with zero attached hydrogens (tertiary/aromatic N) is 2. The summed E-state index contributed by atoms with van der Waals surface area (Å²) in [4.78, 5) is 2.32. The molecule has 2 unspecified atom stereocenters. The van der Waals surface area contributed by atoms with E-state index in [4.69, 9.17) is 5.26 Å². The maximum atomic E-state index is 9.16. The zero-order valence-electron chi connectivity index (χ0n) is 9.29. The number of rotatable bonds is 4. The monoisotopic (exact) mass is 195 g/mol. The van der Waals surface area contributed by atoms with Gasteiger partial charge in [0.1, 0.15) is 6.04 Å². The van der Waals surface area contributed by atoms with Crippen LogP contribution in [-0.4, -0.2) is 37.1 Å². The summed E-state index contributed by atoms with van der Waals surface area (Å²) in [6.45, 7) is 8.47. The summed E-state index contributed by atoms with van der Waals surface area (Å²) in [5, 5.41) is 12.5. The molecule has 1 saturated heterocycles. The molecule has 0 amide bonds. The van der Waals surface area contributed by atoms with Crippen LogP contribution in [0.15, 0.2) is 0 Å². The van der Waals surface area contributed by atoms with Gasteiger partial charge in [0.05, 0.1) is 6.07 Å². The Morgan fingerprint density at radius 3 is 2.57 bits per heavy atom. The van der Waals surface area contributed by atoms with E-state index >= 15 is 0 Å². The third-order valence-corrected chi connectivity index (χ3v) is 2.96. The lowest BCUT2D eigenvalue weighted by atomic mass is 9.96. The van der Waals surface area contributed by atoms with Gasteiger partial charge >= 0.3 is 0 Å². The van der Waals surface area contributed by atoms with Crippen LogP contribution in [0.5, 0.6) is 0 Å². The van der Waals surface area contributed by atoms with Crippen molar-refractivity contribution < 1.29 is 0 Å². The summed E-state index contributed by atoms with van der Waals surface area (Å²) >= 11 is 0. The van der Waals surface area contributed by atoms with Gasteiger partial charge in [-0.3, -0.25) is 4.90 Å². The molecule has 0 aliphatic carbocycles. The van der Waals surface area contributed by atoms with E-state index in [9.17, 15) is 0 Å². The number of nitrogens with one attached hydrogen (secondary N) is 1. The predicted molar refractivity (Wildman–Crippen MR) is 57.9 cm³/mol. The normalized spacial score (nSPS) is 22.6. The molecular formula is C11H21N3. The van der Waals surface area contributed by atoms with Crippen LogP contribution in [0.3, 0.4) is 0 Å². The number of piperazine rings is 1. The average Bonchev–Trinajstić information content (AvgIpc) is 2.21. The van der Waals surface area contributed by atoms with E-state index in [1.54, 1.807) is 0 Å². The Morgan fingerprint density at radius 2 is 2.07 bits per heavy atom. The average molecular weight is 195 g/mol. The highest BCUT2D eigenvalue weighted by atomic mass is 15.2. The minimum atomic E-state index is 0.122. The van der Waals surface area contributed by atoms with Crippen molar-refractivity contribution in [3.05, 3.63) is 0 Å². The third-order valence-electron chi connectivity index (χ3n) is 2.96. The first-order valence-corrected chi connectivity index (χ1v) is 5.64. The van der Waals surface area contributed by atoms with Gasteiger partial charge in [0.25, 0.3) is 0 Å². The van der Waals surface area contributed by atoms with Crippen molar-refractivity contribution in [1.82, 2.24) is 10.2 Å². The van der Waals surface area contributed by atoms with Gasteiger partial charge < -0.3 is 5.32 Å². The summed E-state index contributed by atoms with van der Waals surface area (Å²) < 4.78 is 0. The highest BCUT2D eigenvalue weighted by Gasteiger charge is 2.24. The van der Waals surface area contributed by atoms with Crippen LogP contribution in [0, 0.1) is 17.2 Å². The third kappa shape index (κ3) is 2.97. The first-order chi connectivity index (χ1) is 6.79. The summed E-state index contributed by atoms with van der Waals surface area (Å²) in [7, 11) is 0. The van der Waals surface area contributed by atoms with Crippen molar-refractivity contribution in [3.63, 3.8) is 0 Å². The van der Waals surface area contributed by atoms with E-state index < -0.39 is 0 Å². The van der Waals surface area contributed by atoms with Gasteiger partial charge in [0.15, 0.2) is 0 Å². The van der Waals surface area contributed by atoms with Crippen LogP contribution in [0.25, 0.3) is 0 Å². The van der Waals surface area contributed by atoms with Crippen molar-refractivity contribution >= 4 is 0 Å². The molecule has 80 valence electrons. The topological polar surface area (TPSA) is 39.1 Å².